The zero-order valence-electron chi connectivity index (χ0n) is 16.0. The van der Waals surface area contributed by atoms with E-state index < -0.39 is 11.6 Å². The molecule has 0 aromatic heterocycles. The summed E-state index contributed by atoms with van der Waals surface area (Å²) in [6, 6.07) is 8.52. The zero-order chi connectivity index (χ0) is 19.4. The molecular weight excluding hydrogens is 349 g/mol. The number of halogens is 3. The molecule has 1 saturated carbocycles. The van der Waals surface area contributed by atoms with Gasteiger partial charge in [0.15, 0.2) is 23.2 Å². The lowest BCUT2D eigenvalue weighted by Crippen LogP contribution is -2.20. The minimum atomic E-state index is -0.736. The molecule has 27 heavy (non-hydrogen) atoms. The van der Waals surface area contributed by atoms with Crippen LogP contribution in [0, 0.1) is 30.3 Å². The molecule has 1 fully saturated rings. The lowest BCUT2D eigenvalue weighted by atomic mass is 9.78. The number of benzene rings is 2. The summed E-state index contributed by atoms with van der Waals surface area (Å²) in [5, 5.41) is 0. The van der Waals surface area contributed by atoms with E-state index in [9.17, 15) is 13.2 Å². The van der Waals surface area contributed by atoms with Gasteiger partial charge in [0.2, 0.25) is 0 Å². The molecule has 0 aliphatic heterocycles. The highest BCUT2D eigenvalue weighted by Gasteiger charge is 2.26. The normalized spacial score (nSPS) is 19.9. The van der Waals surface area contributed by atoms with E-state index in [1.54, 1.807) is 31.2 Å². The first-order valence-corrected chi connectivity index (χ1v) is 9.85. The predicted molar refractivity (Wildman–Crippen MR) is 102 cm³/mol. The van der Waals surface area contributed by atoms with Crippen LogP contribution in [0.2, 0.25) is 0 Å². The van der Waals surface area contributed by atoms with Crippen LogP contribution in [0.3, 0.4) is 0 Å². The number of hydrogen-bond acceptors (Lipinski definition) is 1. The van der Waals surface area contributed by atoms with Crippen molar-refractivity contribution in [1.29, 1.82) is 0 Å². The Morgan fingerprint density at radius 3 is 2.37 bits per heavy atom. The molecule has 1 nitrogen and oxygen atoms in total. The first-order chi connectivity index (χ1) is 13.0. The second-order valence-corrected chi connectivity index (χ2v) is 7.64. The van der Waals surface area contributed by atoms with Crippen LogP contribution in [0.5, 0.6) is 5.75 Å². The van der Waals surface area contributed by atoms with E-state index in [1.807, 2.05) is 6.07 Å². The quantitative estimate of drug-likeness (QED) is 0.544. The van der Waals surface area contributed by atoms with Gasteiger partial charge in [-0.1, -0.05) is 31.5 Å². The molecule has 0 amide bonds. The highest BCUT2D eigenvalue weighted by Crippen LogP contribution is 2.38. The summed E-state index contributed by atoms with van der Waals surface area (Å²) in [6.07, 6.45) is 5.17. The van der Waals surface area contributed by atoms with Gasteiger partial charge in [-0.3, -0.25) is 0 Å². The van der Waals surface area contributed by atoms with E-state index in [1.165, 1.54) is 0 Å². The van der Waals surface area contributed by atoms with Gasteiger partial charge in [-0.05, 0) is 79.7 Å². The third kappa shape index (κ3) is 4.66. The molecule has 0 saturated heterocycles. The van der Waals surface area contributed by atoms with Gasteiger partial charge in [-0.2, -0.15) is 0 Å². The van der Waals surface area contributed by atoms with Crippen molar-refractivity contribution >= 4 is 0 Å². The van der Waals surface area contributed by atoms with Crippen molar-refractivity contribution in [2.45, 2.75) is 58.3 Å². The fraction of sp³-hybridized carbons (Fsp3) is 0.478. The minimum absolute atomic E-state index is 0.0430. The monoisotopic (exact) mass is 376 g/mol. The topological polar surface area (TPSA) is 9.23 Å². The van der Waals surface area contributed by atoms with Crippen LogP contribution in [-0.4, -0.2) is 6.61 Å². The SMILES string of the molecule is CCCc1ccc(OCC2CCC(c3ccc(C)c(F)c3F)CC2)c(F)c1. The van der Waals surface area contributed by atoms with Crippen LogP contribution in [0.1, 0.15) is 61.6 Å². The Labute approximate surface area is 159 Å². The van der Waals surface area contributed by atoms with Gasteiger partial charge in [0.1, 0.15) is 0 Å². The highest BCUT2D eigenvalue weighted by molar-refractivity contribution is 5.30. The Bertz CT molecular complexity index is 779. The molecule has 2 aromatic carbocycles. The summed E-state index contributed by atoms with van der Waals surface area (Å²) in [6.45, 7) is 4.10. The maximum Gasteiger partial charge on any atom is 0.165 e. The van der Waals surface area contributed by atoms with Gasteiger partial charge < -0.3 is 4.74 Å². The molecule has 0 spiro atoms. The molecule has 1 aliphatic carbocycles. The lowest BCUT2D eigenvalue weighted by molar-refractivity contribution is 0.193. The maximum absolute atomic E-state index is 14.2. The maximum atomic E-state index is 14.2. The molecule has 2 aromatic rings. The lowest BCUT2D eigenvalue weighted by Gasteiger charge is -2.29. The van der Waals surface area contributed by atoms with E-state index in [0.29, 0.717) is 29.4 Å². The molecule has 0 unspecified atom stereocenters. The molecule has 146 valence electrons. The molecule has 0 N–H and O–H groups in total. The average Bonchev–Trinajstić information content (AvgIpc) is 2.66. The molecule has 0 radical (unpaired) electrons. The largest absolute Gasteiger partial charge is 0.490 e. The van der Waals surface area contributed by atoms with E-state index in [2.05, 4.69) is 6.92 Å². The fourth-order valence-electron chi connectivity index (χ4n) is 3.93. The first kappa shape index (κ1) is 19.8. The molecule has 3 rings (SSSR count). The Hall–Kier alpha value is -1.97. The van der Waals surface area contributed by atoms with Gasteiger partial charge >= 0.3 is 0 Å². The molecule has 0 heterocycles. The third-order valence-corrected chi connectivity index (χ3v) is 5.60. The van der Waals surface area contributed by atoms with Crippen LogP contribution in [0.4, 0.5) is 13.2 Å². The first-order valence-electron chi connectivity index (χ1n) is 9.85. The Morgan fingerprint density at radius 2 is 1.70 bits per heavy atom. The van der Waals surface area contributed by atoms with E-state index in [4.69, 9.17) is 4.74 Å². The summed E-state index contributed by atoms with van der Waals surface area (Å²) in [7, 11) is 0. The van der Waals surface area contributed by atoms with Crippen molar-refractivity contribution in [3.8, 4) is 5.75 Å². The van der Waals surface area contributed by atoms with E-state index in [-0.39, 0.29) is 11.7 Å². The van der Waals surface area contributed by atoms with Crippen molar-refractivity contribution in [1.82, 2.24) is 0 Å². The van der Waals surface area contributed by atoms with Crippen LogP contribution < -0.4 is 4.74 Å². The standard InChI is InChI=1S/C23H27F3O/c1-3-4-16-8-12-21(20(24)13-16)27-14-17-6-9-18(10-7-17)19-11-5-15(2)22(25)23(19)26/h5,8,11-13,17-18H,3-4,6-7,9-10,14H2,1-2H3. The zero-order valence-corrected chi connectivity index (χ0v) is 16.0. The average molecular weight is 376 g/mol. The second kappa shape index (κ2) is 8.81. The number of hydrogen-bond donors (Lipinski definition) is 0. The summed E-state index contributed by atoms with van der Waals surface area (Å²) in [5.41, 5.74) is 1.80. The number of ether oxygens (including phenoxy) is 1. The van der Waals surface area contributed by atoms with Crippen molar-refractivity contribution < 1.29 is 17.9 Å². The van der Waals surface area contributed by atoms with Crippen LogP contribution in [-0.2, 0) is 6.42 Å². The number of aryl methyl sites for hydroxylation is 2. The third-order valence-electron chi connectivity index (χ3n) is 5.60. The van der Waals surface area contributed by atoms with Crippen molar-refractivity contribution in [3.63, 3.8) is 0 Å². The summed E-state index contributed by atoms with van der Waals surface area (Å²) in [5.74, 6) is -1.10. The summed E-state index contributed by atoms with van der Waals surface area (Å²) in [4.78, 5) is 0. The highest BCUT2D eigenvalue weighted by atomic mass is 19.2. The van der Waals surface area contributed by atoms with Gasteiger partial charge in [-0.25, -0.2) is 13.2 Å². The Morgan fingerprint density at radius 1 is 0.963 bits per heavy atom. The predicted octanol–water partition coefficient (Wildman–Crippen LogP) is 6.72. The fourth-order valence-corrected chi connectivity index (χ4v) is 3.93. The van der Waals surface area contributed by atoms with Gasteiger partial charge in [0.05, 0.1) is 6.61 Å². The van der Waals surface area contributed by atoms with Crippen LogP contribution in [0.25, 0.3) is 0 Å². The summed E-state index contributed by atoms with van der Waals surface area (Å²) >= 11 is 0. The van der Waals surface area contributed by atoms with Crippen LogP contribution in [0.15, 0.2) is 30.3 Å². The van der Waals surface area contributed by atoms with E-state index >= 15 is 0 Å². The van der Waals surface area contributed by atoms with Gasteiger partial charge in [0, 0.05) is 0 Å². The Kier molecular flexibility index (Phi) is 6.46. The van der Waals surface area contributed by atoms with Crippen LogP contribution >= 0.6 is 0 Å². The molecule has 0 bridgehead atoms. The minimum Gasteiger partial charge on any atom is -0.490 e. The summed E-state index contributed by atoms with van der Waals surface area (Å²) < 4.78 is 47.8. The van der Waals surface area contributed by atoms with E-state index in [0.717, 1.165) is 44.1 Å². The van der Waals surface area contributed by atoms with Crippen molar-refractivity contribution in [2.75, 3.05) is 6.61 Å². The Balaban J connectivity index is 1.54. The van der Waals surface area contributed by atoms with Crippen molar-refractivity contribution in [2.24, 2.45) is 5.92 Å². The second-order valence-electron chi connectivity index (χ2n) is 7.64. The molecule has 4 heteroatoms. The smallest absolute Gasteiger partial charge is 0.165 e. The van der Waals surface area contributed by atoms with Gasteiger partial charge in [0.25, 0.3) is 0 Å². The molecule has 1 aliphatic rings. The number of rotatable bonds is 6. The van der Waals surface area contributed by atoms with Crippen molar-refractivity contribution in [3.05, 3.63) is 64.5 Å². The molecule has 0 atom stereocenters. The van der Waals surface area contributed by atoms with Gasteiger partial charge in [-0.15, -0.1) is 0 Å². The molecular formula is C23H27F3O.